The number of halogens is 2. The number of nitrogens with zero attached hydrogens (tertiary/aromatic N) is 5. The third-order valence-corrected chi connectivity index (χ3v) is 6.82. The van der Waals surface area contributed by atoms with E-state index in [0.29, 0.717) is 28.9 Å². The molecule has 0 bridgehead atoms. The summed E-state index contributed by atoms with van der Waals surface area (Å²) < 4.78 is 36.3. The zero-order chi connectivity index (χ0) is 25.6. The van der Waals surface area contributed by atoms with Gasteiger partial charge in [-0.15, -0.1) is 0 Å². The van der Waals surface area contributed by atoms with Crippen LogP contribution in [0, 0.1) is 19.7 Å². The molecular formula is C27H27F2N5O2. The summed E-state index contributed by atoms with van der Waals surface area (Å²) in [6.45, 7) is 5.95. The number of pyridine rings is 1. The number of carbonyl (C=O) groups excluding carboxylic acids is 1. The molecule has 3 heterocycles. The third kappa shape index (κ3) is 4.19. The van der Waals surface area contributed by atoms with Crippen LogP contribution in [0.2, 0.25) is 0 Å². The fraction of sp³-hybridized carbons (Fsp3) is 0.333. The number of amides is 1. The third-order valence-electron chi connectivity index (χ3n) is 6.82. The molecule has 0 spiro atoms. The number of likely N-dealkylation sites (tertiary alicyclic amines) is 1. The molecule has 36 heavy (non-hydrogen) atoms. The molecule has 2 aromatic carbocycles. The molecule has 1 amide bonds. The Kier molecular flexibility index (Phi) is 6.15. The summed E-state index contributed by atoms with van der Waals surface area (Å²) in [6.07, 6.45) is 0.154. The first-order chi connectivity index (χ1) is 17.2. The fourth-order valence-electron chi connectivity index (χ4n) is 4.93. The van der Waals surface area contributed by atoms with Gasteiger partial charge in [0.15, 0.2) is 12.0 Å². The molecule has 1 fully saturated rings. The Bertz CT molecular complexity index is 1470. The Hall–Kier alpha value is -3.88. The average molecular weight is 492 g/mol. The van der Waals surface area contributed by atoms with Gasteiger partial charge in [-0.1, -0.05) is 12.1 Å². The van der Waals surface area contributed by atoms with Gasteiger partial charge in [-0.25, -0.2) is 23.4 Å². The van der Waals surface area contributed by atoms with Crippen molar-refractivity contribution in [1.82, 2.24) is 24.6 Å². The first-order valence-corrected chi connectivity index (χ1v) is 11.9. The van der Waals surface area contributed by atoms with Gasteiger partial charge < -0.3 is 9.64 Å². The standard InChI is InChI=1S/C27H27F2N5O2/c1-15-10-18(28)12-20(17(3)34-9-8-23(29)27(34)35)22(15)13-36-24-7-5-6-19-21(11-16(2)32-25(19)24)26-30-14-31-33(26)4/h5-7,10-12,14,17,23H,8-9,13H2,1-4H3/t17-,23+/m0/s1. The van der Waals surface area contributed by atoms with Crippen molar-refractivity contribution >= 4 is 16.8 Å². The minimum atomic E-state index is -1.50. The van der Waals surface area contributed by atoms with Gasteiger partial charge in [-0.05, 0) is 61.7 Å². The number of benzene rings is 2. The smallest absolute Gasteiger partial charge is 0.257 e. The minimum Gasteiger partial charge on any atom is -0.487 e. The number of hydrogen-bond donors (Lipinski definition) is 0. The van der Waals surface area contributed by atoms with E-state index in [-0.39, 0.29) is 13.0 Å². The van der Waals surface area contributed by atoms with E-state index in [9.17, 15) is 13.6 Å². The lowest BCUT2D eigenvalue weighted by molar-refractivity contribution is -0.133. The summed E-state index contributed by atoms with van der Waals surface area (Å²) in [5, 5.41) is 5.06. The lowest BCUT2D eigenvalue weighted by atomic mass is 9.96. The summed E-state index contributed by atoms with van der Waals surface area (Å²) in [7, 11) is 1.83. The second-order valence-corrected chi connectivity index (χ2v) is 9.21. The summed E-state index contributed by atoms with van der Waals surface area (Å²) in [4.78, 5) is 22.9. The number of rotatable bonds is 6. The van der Waals surface area contributed by atoms with E-state index >= 15 is 0 Å². The number of para-hydroxylation sites is 1. The molecule has 4 aromatic rings. The van der Waals surface area contributed by atoms with Crippen LogP contribution in [0.1, 0.15) is 41.8 Å². The van der Waals surface area contributed by atoms with Crippen LogP contribution in [-0.2, 0) is 18.4 Å². The molecular weight excluding hydrogens is 464 g/mol. The van der Waals surface area contributed by atoms with E-state index in [2.05, 4.69) is 10.1 Å². The Labute approximate surface area is 207 Å². The van der Waals surface area contributed by atoms with Crippen molar-refractivity contribution in [2.75, 3.05) is 6.54 Å². The van der Waals surface area contributed by atoms with E-state index in [1.807, 2.05) is 38.2 Å². The molecule has 1 saturated heterocycles. The molecule has 9 heteroatoms. The molecule has 5 rings (SSSR count). The largest absolute Gasteiger partial charge is 0.487 e. The van der Waals surface area contributed by atoms with Crippen molar-refractivity contribution in [3.05, 3.63) is 70.9 Å². The monoisotopic (exact) mass is 491 g/mol. The van der Waals surface area contributed by atoms with Crippen LogP contribution in [0.25, 0.3) is 22.3 Å². The van der Waals surface area contributed by atoms with Crippen molar-refractivity contribution < 1.29 is 18.3 Å². The lowest BCUT2D eigenvalue weighted by Gasteiger charge is -2.27. The second-order valence-electron chi connectivity index (χ2n) is 9.21. The van der Waals surface area contributed by atoms with Crippen molar-refractivity contribution in [2.24, 2.45) is 7.05 Å². The van der Waals surface area contributed by atoms with Crippen molar-refractivity contribution in [1.29, 1.82) is 0 Å². The highest BCUT2D eigenvalue weighted by atomic mass is 19.1. The maximum absolute atomic E-state index is 14.4. The zero-order valence-corrected chi connectivity index (χ0v) is 20.6. The van der Waals surface area contributed by atoms with Gasteiger partial charge in [0.1, 0.15) is 30.0 Å². The number of hydrogen-bond acceptors (Lipinski definition) is 5. The number of ether oxygens (including phenoxy) is 1. The number of fused-ring (bicyclic) bond motifs is 1. The SMILES string of the molecule is Cc1cc(-c2ncnn2C)c2cccc(OCc3c(C)cc(F)cc3[C@H](C)N3CC[C@@H](F)C3=O)c2n1. The first-order valence-electron chi connectivity index (χ1n) is 11.9. The molecule has 1 aliphatic rings. The second kappa shape index (κ2) is 9.29. The highest BCUT2D eigenvalue weighted by molar-refractivity contribution is 5.96. The Balaban J connectivity index is 1.52. The van der Waals surface area contributed by atoms with Gasteiger partial charge >= 0.3 is 0 Å². The molecule has 0 N–H and O–H groups in total. The van der Waals surface area contributed by atoms with E-state index in [0.717, 1.165) is 28.0 Å². The predicted octanol–water partition coefficient (Wildman–Crippen LogP) is 5.00. The summed E-state index contributed by atoms with van der Waals surface area (Å²) in [6, 6.07) is 10.0. The minimum absolute atomic E-state index is 0.140. The highest BCUT2D eigenvalue weighted by Crippen LogP contribution is 2.35. The van der Waals surface area contributed by atoms with Crippen LogP contribution in [0.4, 0.5) is 8.78 Å². The number of alkyl halides is 1. The highest BCUT2D eigenvalue weighted by Gasteiger charge is 2.35. The van der Waals surface area contributed by atoms with Crippen LogP contribution in [-0.4, -0.2) is 43.3 Å². The van der Waals surface area contributed by atoms with Gasteiger partial charge in [0.2, 0.25) is 0 Å². The molecule has 2 atom stereocenters. The predicted molar refractivity (Wildman–Crippen MR) is 132 cm³/mol. The lowest BCUT2D eigenvalue weighted by Crippen LogP contribution is -2.31. The number of aryl methyl sites for hydroxylation is 3. The van der Waals surface area contributed by atoms with Crippen LogP contribution in [0.15, 0.2) is 42.7 Å². The Morgan fingerprint density at radius 1 is 1.22 bits per heavy atom. The summed E-state index contributed by atoms with van der Waals surface area (Å²) in [5.74, 6) is 0.330. The van der Waals surface area contributed by atoms with E-state index in [1.165, 1.54) is 23.4 Å². The van der Waals surface area contributed by atoms with Crippen molar-refractivity contribution in [2.45, 2.75) is 46.0 Å². The Morgan fingerprint density at radius 3 is 2.72 bits per heavy atom. The molecule has 2 aromatic heterocycles. The molecule has 0 unspecified atom stereocenters. The fourth-order valence-corrected chi connectivity index (χ4v) is 4.93. The number of carbonyl (C=O) groups is 1. The molecule has 0 radical (unpaired) electrons. The van der Waals surface area contributed by atoms with Gasteiger partial charge in [0.05, 0.1) is 6.04 Å². The van der Waals surface area contributed by atoms with Crippen molar-refractivity contribution in [3.63, 3.8) is 0 Å². The van der Waals surface area contributed by atoms with Gasteiger partial charge in [-0.2, -0.15) is 5.10 Å². The van der Waals surface area contributed by atoms with Gasteiger partial charge in [0, 0.05) is 36.7 Å². The normalized spacial score (nSPS) is 16.7. The van der Waals surface area contributed by atoms with E-state index in [4.69, 9.17) is 9.72 Å². The van der Waals surface area contributed by atoms with Gasteiger partial charge in [0.25, 0.3) is 5.91 Å². The van der Waals surface area contributed by atoms with Crippen LogP contribution in [0.3, 0.4) is 0 Å². The first kappa shape index (κ1) is 23.8. The molecule has 7 nitrogen and oxygen atoms in total. The summed E-state index contributed by atoms with van der Waals surface area (Å²) >= 11 is 0. The van der Waals surface area contributed by atoms with Crippen LogP contribution in [0.5, 0.6) is 5.75 Å². The maximum atomic E-state index is 14.4. The molecule has 186 valence electrons. The molecule has 0 aliphatic carbocycles. The maximum Gasteiger partial charge on any atom is 0.257 e. The molecule has 1 aliphatic heterocycles. The summed E-state index contributed by atoms with van der Waals surface area (Å²) in [5.41, 5.74) is 4.45. The zero-order valence-electron chi connectivity index (χ0n) is 20.6. The van der Waals surface area contributed by atoms with Crippen LogP contribution < -0.4 is 4.74 Å². The van der Waals surface area contributed by atoms with Crippen molar-refractivity contribution in [3.8, 4) is 17.1 Å². The molecule has 0 saturated carbocycles. The quantitative estimate of drug-likeness (QED) is 0.380. The Morgan fingerprint density at radius 2 is 2.03 bits per heavy atom. The average Bonchev–Trinajstić information content (AvgIpc) is 3.42. The van der Waals surface area contributed by atoms with E-state index < -0.39 is 23.9 Å². The van der Waals surface area contributed by atoms with Crippen LogP contribution >= 0.6 is 0 Å². The number of aromatic nitrogens is 4. The van der Waals surface area contributed by atoms with Gasteiger partial charge in [-0.3, -0.25) is 4.79 Å². The van der Waals surface area contributed by atoms with E-state index in [1.54, 1.807) is 18.5 Å². The topological polar surface area (TPSA) is 73.1 Å².